The topological polar surface area (TPSA) is 117 Å². The minimum atomic E-state index is -5.34. The summed E-state index contributed by atoms with van der Waals surface area (Å²) < 4.78 is 151. The molecule has 3 aromatic rings. The van der Waals surface area contributed by atoms with E-state index in [1.54, 1.807) is 11.4 Å². The van der Waals surface area contributed by atoms with Crippen molar-refractivity contribution in [1.82, 2.24) is 20.2 Å². The van der Waals surface area contributed by atoms with Crippen LogP contribution in [-0.4, -0.2) is 53.1 Å². The van der Waals surface area contributed by atoms with Gasteiger partial charge in [-0.25, -0.2) is 26.6 Å². The van der Waals surface area contributed by atoms with Crippen molar-refractivity contribution in [3.05, 3.63) is 77.5 Å². The van der Waals surface area contributed by atoms with Crippen LogP contribution in [0.2, 0.25) is 0 Å². The highest BCUT2D eigenvalue weighted by Crippen LogP contribution is 2.37. The third kappa shape index (κ3) is 8.34. The van der Waals surface area contributed by atoms with Crippen molar-refractivity contribution in [1.29, 1.82) is 5.26 Å². The second kappa shape index (κ2) is 12.4. The van der Waals surface area contributed by atoms with Gasteiger partial charge in [0.25, 0.3) is 0 Å². The van der Waals surface area contributed by atoms with E-state index in [9.17, 15) is 58.0 Å². The second-order valence-electron chi connectivity index (χ2n) is 10.3. The largest absolute Gasteiger partial charge is 0.449 e. The number of nitriles is 1. The zero-order valence-electron chi connectivity index (χ0n) is 22.7. The fourth-order valence-corrected chi connectivity index (χ4v) is 5.75. The van der Waals surface area contributed by atoms with Crippen molar-refractivity contribution in [3.63, 3.8) is 0 Å². The molecule has 1 aliphatic rings. The maximum atomic E-state index is 14.4. The Morgan fingerprint density at radius 3 is 2.18 bits per heavy atom. The average Bonchev–Trinajstić information content (AvgIpc) is 3.56. The summed E-state index contributed by atoms with van der Waals surface area (Å²) in [4.78, 5) is 16.5. The number of sulfone groups is 1. The molecule has 2 aromatic carbocycles. The van der Waals surface area contributed by atoms with E-state index < -0.39 is 92.6 Å². The minimum absolute atomic E-state index is 0.0714. The fraction of sp³-hybridized carbons (Fsp3) is 0.370. The molecule has 2 atom stereocenters. The van der Waals surface area contributed by atoms with Crippen molar-refractivity contribution in [2.24, 2.45) is 0 Å². The number of aromatic nitrogens is 2. The number of benzene rings is 2. The lowest BCUT2D eigenvalue weighted by molar-refractivity contribution is -0.161. The Balaban J connectivity index is 1.62. The molecule has 45 heavy (non-hydrogen) atoms. The van der Waals surface area contributed by atoms with Gasteiger partial charge < -0.3 is 9.88 Å². The van der Waals surface area contributed by atoms with Crippen LogP contribution >= 0.6 is 0 Å². The molecule has 1 aromatic heterocycles. The van der Waals surface area contributed by atoms with Crippen LogP contribution in [0.5, 0.6) is 0 Å². The molecule has 2 N–H and O–H groups in total. The Hall–Kier alpha value is -4.11. The molecule has 0 radical (unpaired) electrons. The van der Waals surface area contributed by atoms with Crippen molar-refractivity contribution >= 4 is 15.7 Å². The summed E-state index contributed by atoms with van der Waals surface area (Å²) in [7, 11) is -4.67. The van der Waals surface area contributed by atoms with Gasteiger partial charge in [0.15, 0.2) is 9.84 Å². The van der Waals surface area contributed by atoms with Gasteiger partial charge >= 0.3 is 12.4 Å². The average molecular weight is 668 g/mol. The van der Waals surface area contributed by atoms with Crippen molar-refractivity contribution in [3.8, 4) is 17.3 Å². The SMILES string of the molecule is N#CC1(NC(=O)[C@H](CS(=O)(=O)CCn2cc(-c3ccc(F)cc3)nc2C(F)(F)F)N[C@@H](c2ccc(F)cc2F)C(F)(F)F)CC1. The Labute approximate surface area is 249 Å². The number of amides is 1. The fourth-order valence-electron chi connectivity index (χ4n) is 4.36. The lowest BCUT2D eigenvalue weighted by Gasteiger charge is -2.28. The predicted octanol–water partition coefficient (Wildman–Crippen LogP) is 4.84. The normalized spacial score (nSPS) is 16.1. The number of nitrogens with zero attached hydrogens (tertiary/aromatic N) is 3. The quantitative estimate of drug-likeness (QED) is 0.283. The van der Waals surface area contributed by atoms with Gasteiger partial charge in [0, 0.05) is 29.9 Å². The Bertz CT molecular complexity index is 1710. The van der Waals surface area contributed by atoms with Crippen LogP contribution in [0.4, 0.5) is 39.5 Å². The first-order valence-electron chi connectivity index (χ1n) is 12.9. The summed E-state index contributed by atoms with van der Waals surface area (Å²) in [6.45, 7) is -0.906. The van der Waals surface area contributed by atoms with Crippen molar-refractivity contribution < 1.29 is 52.7 Å². The molecule has 0 aliphatic heterocycles. The van der Waals surface area contributed by atoms with Gasteiger partial charge in [-0.3, -0.25) is 10.1 Å². The maximum absolute atomic E-state index is 14.4. The first-order valence-corrected chi connectivity index (χ1v) is 14.8. The van der Waals surface area contributed by atoms with E-state index in [0.717, 1.165) is 30.5 Å². The highest BCUT2D eigenvalue weighted by Gasteiger charge is 2.49. The zero-order chi connectivity index (χ0) is 33.4. The number of nitrogens with one attached hydrogen (secondary N) is 2. The van der Waals surface area contributed by atoms with E-state index in [2.05, 4.69) is 10.3 Å². The molecule has 1 amide bonds. The highest BCUT2D eigenvalue weighted by molar-refractivity contribution is 7.91. The lowest BCUT2D eigenvalue weighted by Crippen LogP contribution is -2.54. The standard InChI is InChI=1S/C27H22F9N5O3S/c28-16-3-1-15(2-4-16)20-12-41(24(39-20)27(34,35)36)9-10-45(43,44)13-21(23(42)40-25(14-37)7-8-25)38-22(26(31,32)33)18-6-5-17(29)11-19(18)30/h1-6,11-12,21-22,38H,7-10,13H2,(H,40,42)/t21-,22-/m0/s1. The van der Waals surface area contributed by atoms with E-state index >= 15 is 0 Å². The molecule has 242 valence electrons. The summed E-state index contributed by atoms with van der Waals surface area (Å²) in [5.41, 5.74) is -2.84. The first kappa shape index (κ1) is 33.8. The predicted molar refractivity (Wildman–Crippen MR) is 139 cm³/mol. The van der Waals surface area contributed by atoms with Gasteiger partial charge in [-0.1, -0.05) is 6.07 Å². The number of imidazole rings is 1. The van der Waals surface area contributed by atoms with Crippen LogP contribution in [0.1, 0.15) is 30.3 Å². The van der Waals surface area contributed by atoms with E-state index in [4.69, 9.17) is 0 Å². The van der Waals surface area contributed by atoms with Crippen LogP contribution in [0.25, 0.3) is 11.3 Å². The first-order chi connectivity index (χ1) is 20.8. The molecule has 0 bridgehead atoms. The van der Waals surface area contributed by atoms with Crippen LogP contribution < -0.4 is 10.6 Å². The number of aryl methyl sites for hydroxylation is 1. The third-order valence-corrected chi connectivity index (χ3v) is 8.49. The monoisotopic (exact) mass is 667 g/mol. The van der Waals surface area contributed by atoms with Gasteiger partial charge in [-0.15, -0.1) is 0 Å². The highest BCUT2D eigenvalue weighted by atomic mass is 32.2. The summed E-state index contributed by atoms with van der Waals surface area (Å²) in [5, 5.41) is 13.2. The summed E-state index contributed by atoms with van der Waals surface area (Å²) in [6.07, 6.45) is -9.33. The zero-order valence-corrected chi connectivity index (χ0v) is 23.5. The summed E-state index contributed by atoms with van der Waals surface area (Å²) in [5.74, 6) is -8.95. The van der Waals surface area contributed by atoms with E-state index in [-0.39, 0.29) is 30.2 Å². The van der Waals surface area contributed by atoms with Gasteiger partial charge in [0.1, 0.15) is 35.1 Å². The van der Waals surface area contributed by atoms with Crippen molar-refractivity contribution in [2.75, 3.05) is 11.5 Å². The molecular formula is C27H22F9N5O3S. The number of carbonyl (C=O) groups excluding carboxylic acids is 1. The lowest BCUT2D eigenvalue weighted by atomic mass is 10.0. The smallest absolute Gasteiger partial charge is 0.336 e. The molecule has 8 nitrogen and oxygen atoms in total. The van der Waals surface area contributed by atoms with E-state index in [0.29, 0.717) is 16.7 Å². The van der Waals surface area contributed by atoms with E-state index in [1.807, 2.05) is 0 Å². The van der Waals surface area contributed by atoms with Gasteiger partial charge in [-0.05, 0) is 43.2 Å². The number of hydrogen-bond donors (Lipinski definition) is 2. The van der Waals surface area contributed by atoms with Crippen LogP contribution in [0, 0.1) is 28.8 Å². The minimum Gasteiger partial charge on any atom is -0.336 e. The van der Waals surface area contributed by atoms with Crippen molar-refractivity contribution in [2.45, 2.75) is 49.4 Å². The molecule has 1 fully saturated rings. The number of alkyl halides is 6. The number of carbonyl (C=O) groups is 1. The molecule has 0 saturated heterocycles. The van der Waals surface area contributed by atoms with Gasteiger partial charge in [0.05, 0.1) is 23.3 Å². The number of hydrogen-bond acceptors (Lipinski definition) is 6. The van der Waals surface area contributed by atoms with Gasteiger partial charge in [-0.2, -0.15) is 31.6 Å². The van der Waals surface area contributed by atoms with Crippen LogP contribution in [0.3, 0.4) is 0 Å². The summed E-state index contributed by atoms with van der Waals surface area (Å²) >= 11 is 0. The summed E-state index contributed by atoms with van der Waals surface area (Å²) in [6, 6.07) is 1.78. The molecule has 1 heterocycles. The molecule has 18 heteroatoms. The molecular weight excluding hydrogens is 645 g/mol. The molecule has 0 unspecified atom stereocenters. The Kier molecular flexibility index (Phi) is 9.27. The number of halogens is 9. The van der Waals surface area contributed by atoms with Crippen LogP contribution in [-0.2, 0) is 27.4 Å². The third-order valence-electron chi connectivity index (χ3n) is 6.85. The molecule has 0 spiro atoms. The maximum Gasteiger partial charge on any atom is 0.449 e. The van der Waals surface area contributed by atoms with E-state index in [1.165, 1.54) is 0 Å². The number of rotatable bonds is 11. The van der Waals surface area contributed by atoms with Crippen LogP contribution in [0.15, 0.2) is 48.7 Å². The molecule has 1 aliphatic carbocycles. The Morgan fingerprint density at radius 2 is 1.64 bits per heavy atom. The Morgan fingerprint density at radius 1 is 1.02 bits per heavy atom. The molecule has 4 rings (SSSR count). The molecule has 1 saturated carbocycles. The van der Waals surface area contributed by atoms with Gasteiger partial charge in [0.2, 0.25) is 11.7 Å². The second-order valence-corrected chi connectivity index (χ2v) is 12.5.